The van der Waals surface area contributed by atoms with Gasteiger partial charge in [-0.1, -0.05) is 0 Å². The van der Waals surface area contributed by atoms with Gasteiger partial charge in [-0.25, -0.2) is 0 Å². The summed E-state index contributed by atoms with van der Waals surface area (Å²) in [5.41, 5.74) is 0. The third-order valence-corrected chi connectivity index (χ3v) is 7.20. The summed E-state index contributed by atoms with van der Waals surface area (Å²) in [6.07, 6.45) is 8.03. The van der Waals surface area contributed by atoms with E-state index in [2.05, 4.69) is 37.2 Å². The molecule has 70 valence electrons. The number of hydrogen-bond acceptors (Lipinski definition) is 1. The maximum absolute atomic E-state index is 2.31. The Morgan fingerprint density at radius 1 is 1.42 bits per heavy atom. The van der Waals surface area contributed by atoms with Crippen LogP contribution in [0.1, 0.15) is 6.42 Å². The molecule has 0 N–H and O–H groups in total. The summed E-state index contributed by atoms with van der Waals surface area (Å²) in [7, 11) is 4.33. The van der Waals surface area contributed by atoms with Crippen LogP contribution in [0, 0.1) is 0 Å². The molecule has 0 heterocycles. The van der Waals surface area contributed by atoms with Crippen LogP contribution in [0.15, 0.2) is 21.6 Å². The Labute approximate surface area is 98.5 Å². The summed E-state index contributed by atoms with van der Waals surface area (Å²) in [5.74, 6) is 0. The molecule has 1 aliphatic carbocycles. The maximum atomic E-state index is 2.31. The predicted octanol–water partition coefficient (Wildman–Crippen LogP) is 2.28. The maximum Gasteiger partial charge on any atom is -0.147 e. The van der Waals surface area contributed by atoms with E-state index in [1.54, 1.807) is 3.33 Å². The Kier molecular flexibility index (Phi) is 10.9. The van der Waals surface area contributed by atoms with Crippen molar-refractivity contribution in [3.63, 3.8) is 0 Å². The number of hydrogen-bond donors (Lipinski definition) is 0. The Balaban J connectivity index is 0. The van der Waals surface area contributed by atoms with Gasteiger partial charge in [0.05, 0.1) is 0 Å². The molecule has 0 atom stereocenters. The zero-order chi connectivity index (χ0) is 7.40. The van der Waals surface area contributed by atoms with Crippen molar-refractivity contribution < 1.29 is 22.9 Å². The van der Waals surface area contributed by atoms with Crippen LogP contribution in [0.3, 0.4) is 0 Å². The Morgan fingerprint density at radius 3 is 2.50 bits per heavy atom. The second-order valence-corrected chi connectivity index (χ2v) is 7.45. The fraction of sp³-hybridized carbons (Fsp3) is 0.500. The van der Waals surface area contributed by atoms with E-state index in [9.17, 15) is 0 Å². The predicted molar refractivity (Wildman–Crippen MR) is 54.9 cm³/mol. The molecule has 1 aliphatic rings. The molecular formula is C8H15Cl2HfN. The summed E-state index contributed by atoms with van der Waals surface area (Å²) in [5, 5.41) is 0. The molecule has 1 rings (SSSR count). The molecule has 1 nitrogen and oxygen atoms in total. The molecule has 0 aromatic carbocycles. The molecule has 0 spiro atoms. The van der Waals surface area contributed by atoms with E-state index in [4.69, 9.17) is 0 Å². The van der Waals surface area contributed by atoms with Gasteiger partial charge in [0.15, 0.2) is 0 Å². The van der Waals surface area contributed by atoms with E-state index in [0.717, 1.165) is 0 Å². The van der Waals surface area contributed by atoms with Crippen molar-refractivity contribution in [1.82, 2.24) is 4.90 Å². The number of rotatable bonds is 3. The van der Waals surface area contributed by atoms with E-state index < -0.39 is 22.9 Å². The average Bonchev–Trinajstić information content (AvgIpc) is 2.34. The van der Waals surface area contributed by atoms with Crippen LogP contribution in [-0.2, 0) is 22.9 Å². The summed E-state index contributed by atoms with van der Waals surface area (Å²) in [6, 6.07) is 0. The van der Waals surface area contributed by atoms with Gasteiger partial charge in [0.25, 0.3) is 0 Å². The monoisotopic (exact) mass is 375 g/mol. The third kappa shape index (κ3) is 6.41. The second-order valence-electron chi connectivity index (χ2n) is 2.74. The van der Waals surface area contributed by atoms with Crippen molar-refractivity contribution >= 4 is 24.8 Å². The fourth-order valence-electron chi connectivity index (χ4n) is 0.838. The van der Waals surface area contributed by atoms with Gasteiger partial charge in [-0.3, -0.25) is 0 Å². The number of allylic oxidation sites excluding steroid dienone is 4. The van der Waals surface area contributed by atoms with Gasteiger partial charge in [0, 0.05) is 0 Å². The van der Waals surface area contributed by atoms with E-state index in [0.29, 0.717) is 0 Å². The van der Waals surface area contributed by atoms with Crippen LogP contribution in [-0.4, -0.2) is 23.3 Å². The van der Waals surface area contributed by atoms with Gasteiger partial charge < -0.3 is 0 Å². The summed E-state index contributed by atoms with van der Waals surface area (Å²) in [4.78, 5) is 2.31. The van der Waals surface area contributed by atoms with Crippen molar-refractivity contribution in [2.45, 2.75) is 6.42 Å². The SMILES string of the molecule is CN(C)[CH2][Hf][C]1=CC=CC1.Cl.Cl. The smallest absolute Gasteiger partial charge is 0.147 e. The minimum atomic E-state index is -0.398. The molecule has 0 amide bonds. The van der Waals surface area contributed by atoms with Crippen molar-refractivity contribution in [3.8, 4) is 0 Å². The van der Waals surface area contributed by atoms with E-state index >= 15 is 0 Å². The van der Waals surface area contributed by atoms with Crippen LogP contribution in [0.25, 0.3) is 0 Å². The minimum absolute atomic E-state index is 0. The van der Waals surface area contributed by atoms with Crippen LogP contribution >= 0.6 is 24.8 Å². The van der Waals surface area contributed by atoms with Crippen LogP contribution < -0.4 is 0 Å². The van der Waals surface area contributed by atoms with Gasteiger partial charge in [-0.2, -0.15) is 0 Å². The summed E-state index contributed by atoms with van der Waals surface area (Å²) >= 11 is -0.398. The molecule has 0 saturated carbocycles. The van der Waals surface area contributed by atoms with Crippen LogP contribution in [0.4, 0.5) is 0 Å². The first-order valence-corrected chi connectivity index (χ1v) is 7.87. The van der Waals surface area contributed by atoms with Crippen molar-refractivity contribution in [3.05, 3.63) is 21.6 Å². The van der Waals surface area contributed by atoms with Crippen LogP contribution in [0.2, 0.25) is 0 Å². The third-order valence-electron chi connectivity index (χ3n) is 1.39. The molecule has 0 aromatic rings. The first-order chi connectivity index (χ1) is 4.79. The minimum Gasteiger partial charge on any atom is -0.147 e. The molecule has 0 unspecified atom stereocenters. The average molecular weight is 375 g/mol. The van der Waals surface area contributed by atoms with Crippen molar-refractivity contribution in [2.75, 3.05) is 18.4 Å². The first-order valence-electron chi connectivity index (χ1n) is 3.53. The largest absolute Gasteiger partial charge is 0.147 e. The van der Waals surface area contributed by atoms with E-state index in [1.165, 1.54) is 10.7 Å². The van der Waals surface area contributed by atoms with Crippen LogP contribution in [0.5, 0.6) is 0 Å². The molecule has 0 saturated heterocycles. The number of halogens is 2. The molecule has 12 heavy (non-hydrogen) atoms. The molecule has 0 bridgehead atoms. The van der Waals surface area contributed by atoms with E-state index in [1.807, 2.05) is 0 Å². The van der Waals surface area contributed by atoms with Crippen molar-refractivity contribution in [1.29, 1.82) is 0 Å². The Hall–Kier alpha value is 0.890. The molecule has 4 heteroatoms. The van der Waals surface area contributed by atoms with Gasteiger partial charge >= 0.3 is 74.2 Å². The molecule has 0 aliphatic heterocycles. The van der Waals surface area contributed by atoms with Gasteiger partial charge in [-0.15, -0.1) is 24.8 Å². The molecule has 0 radical (unpaired) electrons. The summed E-state index contributed by atoms with van der Waals surface area (Å²) < 4.78 is 3.13. The Morgan fingerprint density at radius 2 is 2.08 bits per heavy atom. The van der Waals surface area contributed by atoms with Gasteiger partial charge in [-0.05, 0) is 0 Å². The molecular weight excluding hydrogens is 359 g/mol. The topological polar surface area (TPSA) is 3.24 Å². The quantitative estimate of drug-likeness (QED) is 0.685. The van der Waals surface area contributed by atoms with Gasteiger partial charge in [0.2, 0.25) is 0 Å². The first kappa shape index (κ1) is 15.4. The zero-order valence-electron chi connectivity index (χ0n) is 7.41. The molecule has 0 aromatic heterocycles. The standard InChI is InChI=1S/C5H5.C3H8N.2ClH.Hf/c1-2-4-5-3-1;1-4(2)3;;;/h1-3H,4H2;1H2,2-3H3;2*1H;. The summed E-state index contributed by atoms with van der Waals surface area (Å²) in [6.45, 7) is 0. The van der Waals surface area contributed by atoms with Crippen molar-refractivity contribution in [2.24, 2.45) is 0 Å². The normalized spacial score (nSPS) is 13.4. The zero-order valence-corrected chi connectivity index (χ0v) is 12.6. The molecule has 0 fully saturated rings. The Bertz CT molecular complexity index is 166. The van der Waals surface area contributed by atoms with Gasteiger partial charge in [0.1, 0.15) is 0 Å². The fourth-order valence-corrected chi connectivity index (χ4v) is 4.41. The van der Waals surface area contributed by atoms with E-state index in [-0.39, 0.29) is 24.8 Å². The second kappa shape index (κ2) is 8.49. The number of nitrogens with zero attached hydrogens (tertiary/aromatic N) is 1.